The summed E-state index contributed by atoms with van der Waals surface area (Å²) in [6, 6.07) is 25.5. The highest BCUT2D eigenvalue weighted by atomic mass is 32.2. The molecule has 0 radical (unpaired) electrons. The third kappa shape index (κ3) is 6.90. The molecule has 0 amide bonds. The Kier molecular flexibility index (Phi) is 9.13. The van der Waals surface area contributed by atoms with E-state index in [0.29, 0.717) is 16.9 Å². The standard InChI is InChI=1S/C31H33N5O3S/c1-22(37)30(34-32-25-15-19-27(38-2)20-16-25)40-31-35-33-29(36(31)26-11-7-4-8-12-26)21-39-28-17-13-24(14-18-28)23-9-5-3-6-10-23/h4,7-8,11-20,23,32H,3,5-6,9-10,21H2,1-2H3/b34-30-. The second-order valence-electron chi connectivity index (χ2n) is 9.68. The number of anilines is 1. The predicted octanol–water partition coefficient (Wildman–Crippen LogP) is 7.01. The van der Waals surface area contributed by atoms with Crippen LogP contribution in [0.1, 0.15) is 56.3 Å². The molecule has 206 valence electrons. The number of nitrogens with one attached hydrogen (secondary N) is 1. The molecule has 0 saturated heterocycles. The molecule has 40 heavy (non-hydrogen) atoms. The van der Waals surface area contributed by atoms with Gasteiger partial charge < -0.3 is 9.47 Å². The molecule has 8 nitrogen and oxygen atoms in total. The van der Waals surface area contributed by atoms with Gasteiger partial charge in [-0.15, -0.1) is 10.2 Å². The van der Waals surface area contributed by atoms with Crippen LogP contribution in [0.15, 0.2) is 89.1 Å². The summed E-state index contributed by atoms with van der Waals surface area (Å²) in [5, 5.41) is 13.9. The minimum Gasteiger partial charge on any atom is -0.497 e. The second kappa shape index (κ2) is 13.3. The Balaban J connectivity index is 1.33. The second-order valence-corrected chi connectivity index (χ2v) is 10.6. The molecule has 3 aromatic carbocycles. The minimum absolute atomic E-state index is 0.190. The molecule has 4 aromatic rings. The topological polar surface area (TPSA) is 90.6 Å². The van der Waals surface area contributed by atoms with E-state index in [9.17, 15) is 4.79 Å². The third-order valence-electron chi connectivity index (χ3n) is 6.91. The van der Waals surface area contributed by atoms with Crippen LogP contribution in [0.25, 0.3) is 5.69 Å². The van der Waals surface area contributed by atoms with Crippen molar-refractivity contribution in [2.75, 3.05) is 12.5 Å². The number of benzene rings is 3. The molecular weight excluding hydrogens is 522 g/mol. The summed E-state index contributed by atoms with van der Waals surface area (Å²) in [5.74, 6) is 2.60. The maximum Gasteiger partial charge on any atom is 0.202 e. The van der Waals surface area contributed by atoms with E-state index in [1.165, 1.54) is 44.6 Å². The Hall–Kier alpha value is -4.11. The van der Waals surface area contributed by atoms with E-state index in [2.05, 4.69) is 32.9 Å². The Bertz CT molecular complexity index is 1430. The molecule has 0 unspecified atom stereocenters. The van der Waals surface area contributed by atoms with Gasteiger partial charge in [0, 0.05) is 12.6 Å². The van der Waals surface area contributed by atoms with E-state index < -0.39 is 0 Å². The van der Waals surface area contributed by atoms with E-state index in [1.807, 2.05) is 71.3 Å². The van der Waals surface area contributed by atoms with E-state index in [-0.39, 0.29) is 17.4 Å². The number of thioether (sulfide) groups is 1. The molecule has 1 fully saturated rings. The van der Waals surface area contributed by atoms with Crippen molar-refractivity contribution in [3.8, 4) is 17.2 Å². The largest absolute Gasteiger partial charge is 0.497 e. The van der Waals surface area contributed by atoms with E-state index in [1.54, 1.807) is 7.11 Å². The van der Waals surface area contributed by atoms with Crippen molar-refractivity contribution in [1.82, 2.24) is 14.8 Å². The first-order chi connectivity index (χ1) is 19.6. The van der Waals surface area contributed by atoms with Crippen LogP contribution in [-0.4, -0.2) is 32.7 Å². The van der Waals surface area contributed by atoms with Crippen LogP contribution in [0.5, 0.6) is 11.5 Å². The summed E-state index contributed by atoms with van der Waals surface area (Å²) >= 11 is 1.15. The number of hydrogen-bond acceptors (Lipinski definition) is 8. The van der Waals surface area contributed by atoms with Crippen molar-refractivity contribution in [3.05, 3.63) is 90.3 Å². The number of ether oxygens (including phenoxy) is 2. The summed E-state index contributed by atoms with van der Waals surface area (Å²) in [7, 11) is 1.61. The summed E-state index contributed by atoms with van der Waals surface area (Å²) < 4.78 is 13.2. The smallest absolute Gasteiger partial charge is 0.202 e. The average molecular weight is 556 g/mol. The Morgan fingerprint density at radius 3 is 2.33 bits per heavy atom. The van der Waals surface area contributed by atoms with Gasteiger partial charge in [-0.25, -0.2) is 0 Å². The maximum absolute atomic E-state index is 12.5. The lowest BCUT2D eigenvalue weighted by molar-refractivity contribution is -0.110. The number of carbonyl (C=O) groups is 1. The number of para-hydroxylation sites is 1. The van der Waals surface area contributed by atoms with E-state index >= 15 is 0 Å². The number of hydrazone groups is 1. The predicted molar refractivity (Wildman–Crippen MR) is 159 cm³/mol. The molecule has 0 bridgehead atoms. The van der Waals surface area contributed by atoms with E-state index in [0.717, 1.165) is 34.6 Å². The van der Waals surface area contributed by atoms with Crippen LogP contribution < -0.4 is 14.9 Å². The van der Waals surface area contributed by atoms with Gasteiger partial charge in [0.1, 0.15) is 18.1 Å². The maximum atomic E-state index is 12.5. The van der Waals surface area contributed by atoms with Gasteiger partial charge in [0.2, 0.25) is 5.16 Å². The fourth-order valence-corrected chi connectivity index (χ4v) is 5.55. The lowest BCUT2D eigenvalue weighted by atomic mass is 9.84. The molecule has 0 atom stereocenters. The Morgan fingerprint density at radius 1 is 0.950 bits per heavy atom. The van der Waals surface area contributed by atoms with Crippen molar-refractivity contribution in [1.29, 1.82) is 0 Å². The van der Waals surface area contributed by atoms with Crippen molar-refractivity contribution in [2.24, 2.45) is 5.10 Å². The molecule has 1 heterocycles. The van der Waals surface area contributed by atoms with Gasteiger partial charge in [0.05, 0.1) is 12.8 Å². The molecule has 9 heteroatoms. The lowest BCUT2D eigenvalue weighted by Crippen LogP contribution is -2.11. The van der Waals surface area contributed by atoms with Crippen LogP contribution in [-0.2, 0) is 11.4 Å². The fraction of sp³-hybridized carbons (Fsp3) is 0.290. The van der Waals surface area contributed by atoms with Gasteiger partial charge in [-0.05, 0) is 84.6 Å². The average Bonchev–Trinajstić information content (AvgIpc) is 3.41. The van der Waals surface area contributed by atoms with Gasteiger partial charge in [-0.1, -0.05) is 49.6 Å². The number of nitrogens with zero attached hydrogens (tertiary/aromatic N) is 4. The molecule has 1 aliphatic carbocycles. The highest BCUT2D eigenvalue weighted by Gasteiger charge is 2.20. The number of carbonyl (C=O) groups excluding carboxylic acids is 1. The summed E-state index contributed by atoms with van der Waals surface area (Å²) in [6.45, 7) is 1.70. The number of ketones is 1. The Labute approximate surface area is 238 Å². The SMILES string of the molecule is COc1ccc(N/N=C(\Sc2nnc(COc3ccc(C4CCCCC4)cc3)n2-c2ccccc2)C(C)=O)cc1. The van der Waals surface area contributed by atoms with Crippen LogP contribution in [0.2, 0.25) is 0 Å². The summed E-state index contributed by atoms with van der Waals surface area (Å²) in [6.07, 6.45) is 6.50. The highest BCUT2D eigenvalue weighted by Crippen LogP contribution is 2.33. The van der Waals surface area contributed by atoms with Crippen LogP contribution in [0, 0.1) is 0 Å². The number of methoxy groups -OCH3 is 1. The third-order valence-corrected chi connectivity index (χ3v) is 7.92. The zero-order valence-corrected chi connectivity index (χ0v) is 23.6. The number of rotatable bonds is 10. The molecule has 0 aliphatic heterocycles. The first kappa shape index (κ1) is 27.5. The monoisotopic (exact) mass is 555 g/mol. The minimum atomic E-state index is -0.190. The van der Waals surface area contributed by atoms with Gasteiger partial charge in [-0.3, -0.25) is 14.8 Å². The lowest BCUT2D eigenvalue weighted by Gasteiger charge is -2.22. The molecule has 1 aromatic heterocycles. The van der Waals surface area contributed by atoms with Crippen LogP contribution in [0.3, 0.4) is 0 Å². The Morgan fingerprint density at radius 2 is 1.65 bits per heavy atom. The zero-order chi connectivity index (χ0) is 27.7. The van der Waals surface area contributed by atoms with Crippen molar-refractivity contribution >= 4 is 28.3 Å². The molecule has 1 saturated carbocycles. The normalized spacial score (nSPS) is 14.1. The van der Waals surface area contributed by atoms with Crippen LogP contribution in [0.4, 0.5) is 5.69 Å². The molecule has 1 N–H and O–H groups in total. The summed E-state index contributed by atoms with van der Waals surface area (Å²) in [5.41, 5.74) is 5.93. The number of Topliss-reactive ketones (excluding diaryl/α,β-unsaturated/α-hetero) is 1. The fourth-order valence-electron chi connectivity index (χ4n) is 4.76. The van der Waals surface area contributed by atoms with Gasteiger partial charge in [-0.2, -0.15) is 5.10 Å². The zero-order valence-electron chi connectivity index (χ0n) is 22.7. The molecular formula is C31H33N5O3S. The number of hydrogen-bond donors (Lipinski definition) is 1. The highest BCUT2D eigenvalue weighted by molar-refractivity contribution is 8.15. The number of aromatic nitrogens is 3. The van der Waals surface area contributed by atoms with Crippen molar-refractivity contribution in [2.45, 2.75) is 56.7 Å². The van der Waals surface area contributed by atoms with Gasteiger partial charge >= 0.3 is 0 Å². The molecule has 1 aliphatic rings. The first-order valence-electron chi connectivity index (χ1n) is 13.5. The van der Waals surface area contributed by atoms with Gasteiger partial charge in [0.15, 0.2) is 16.7 Å². The van der Waals surface area contributed by atoms with E-state index in [4.69, 9.17) is 9.47 Å². The van der Waals surface area contributed by atoms with Crippen LogP contribution >= 0.6 is 11.8 Å². The molecule has 5 rings (SSSR count). The quantitative estimate of drug-likeness (QED) is 0.0974. The van der Waals surface area contributed by atoms with Gasteiger partial charge in [0.25, 0.3) is 0 Å². The first-order valence-corrected chi connectivity index (χ1v) is 14.3. The van der Waals surface area contributed by atoms with Crippen molar-refractivity contribution < 1.29 is 14.3 Å². The molecule has 0 spiro atoms. The van der Waals surface area contributed by atoms with Crippen molar-refractivity contribution in [3.63, 3.8) is 0 Å². The summed E-state index contributed by atoms with van der Waals surface area (Å²) in [4.78, 5) is 12.5.